The van der Waals surface area contributed by atoms with Gasteiger partial charge in [-0.2, -0.15) is 0 Å². The lowest BCUT2D eigenvalue weighted by Crippen LogP contribution is -2.12. The Labute approximate surface area is 90.7 Å². The molecule has 0 atom stereocenters. The minimum atomic E-state index is 0. The number of rotatable bonds is 3. The molecule has 0 fully saturated rings. The van der Waals surface area contributed by atoms with Crippen molar-refractivity contribution < 1.29 is 0 Å². The van der Waals surface area contributed by atoms with Gasteiger partial charge in [-0.3, -0.25) is 0 Å². The lowest BCUT2D eigenvalue weighted by atomic mass is 10.2. The van der Waals surface area contributed by atoms with E-state index in [9.17, 15) is 0 Å². The van der Waals surface area contributed by atoms with Crippen molar-refractivity contribution in [2.45, 2.75) is 26.3 Å². The van der Waals surface area contributed by atoms with E-state index in [0.29, 0.717) is 12.5 Å². The van der Waals surface area contributed by atoms with Crippen LogP contribution < -0.4 is 5.73 Å². The molecule has 0 aromatic carbocycles. The Morgan fingerprint density at radius 1 is 1.46 bits per heavy atom. The first kappa shape index (κ1) is 15.2. The number of nitrogens with two attached hydrogens (primary N) is 1. The van der Waals surface area contributed by atoms with E-state index in [1.807, 2.05) is 4.57 Å². The van der Waals surface area contributed by atoms with Crippen molar-refractivity contribution in [1.82, 2.24) is 14.8 Å². The minimum absolute atomic E-state index is 0. The summed E-state index contributed by atoms with van der Waals surface area (Å²) in [5, 5.41) is 7.81. The highest BCUT2D eigenvalue weighted by Crippen LogP contribution is 2.09. The first-order chi connectivity index (χ1) is 5.25. The molecular formula is C7H16Cl2N4. The Kier molecular flexibility index (Phi) is 8.30. The van der Waals surface area contributed by atoms with Crippen molar-refractivity contribution in [3.63, 3.8) is 0 Å². The molecule has 6 heteroatoms. The van der Waals surface area contributed by atoms with E-state index in [2.05, 4.69) is 24.0 Å². The van der Waals surface area contributed by atoms with Crippen LogP contribution in [0.3, 0.4) is 0 Å². The van der Waals surface area contributed by atoms with Crippen LogP contribution in [0.25, 0.3) is 0 Å². The summed E-state index contributed by atoms with van der Waals surface area (Å²) in [7, 11) is 0. The van der Waals surface area contributed by atoms with Crippen LogP contribution in [-0.4, -0.2) is 21.3 Å². The Bertz CT molecular complexity index is 224. The first-order valence-electron chi connectivity index (χ1n) is 3.83. The van der Waals surface area contributed by atoms with Crippen molar-refractivity contribution in [1.29, 1.82) is 0 Å². The van der Waals surface area contributed by atoms with Crippen molar-refractivity contribution >= 4 is 24.8 Å². The standard InChI is InChI=1S/C7H14N4.2ClH/c1-6(2)7-10-9-5-11(7)4-3-8;;/h5-6H,3-4,8H2,1-2H3;2*1H. The Morgan fingerprint density at radius 2 is 2.08 bits per heavy atom. The Hall–Kier alpha value is -0.320. The van der Waals surface area contributed by atoms with Gasteiger partial charge in [0.15, 0.2) is 0 Å². The smallest absolute Gasteiger partial charge is 0.135 e. The van der Waals surface area contributed by atoms with Gasteiger partial charge in [0.1, 0.15) is 12.2 Å². The Balaban J connectivity index is 0. The predicted octanol–water partition coefficient (Wildman–Crippen LogP) is 1.20. The summed E-state index contributed by atoms with van der Waals surface area (Å²) in [5.41, 5.74) is 5.41. The average molecular weight is 227 g/mol. The van der Waals surface area contributed by atoms with E-state index < -0.39 is 0 Å². The van der Waals surface area contributed by atoms with Gasteiger partial charge >= 0.3 is 0 Å². The molecule has 0 aliphatic rings. The monoisotopic (exact) mass is 226 g/mol. The summed E-state index contributed by atoms with van der Waals surface area (Å²) < 4.78 is 1.99. The van der Waals surface area contributed by atoms with Gasteiger partial charge in [-0.1, -0.05) is 13.8 Å². The van der Waals surface area contributed by atoms with E-state index in [4.69, 9.17) is 5.73 Å². The van der Waals surface area contributed by atoms with Gasteiger partial charge in [-0.25, -0.2) is 0 Å². The average Bonchev–Trinajstić information content (AvgIpc) is 2.36. The van der Waals surface area contributed by atoms with E-state index >= 15 is 0 Å². The van der Waals surface area contributed by atoms with Crippen LogP contribution in [0.1, 0.15) is 25.6 Å². The molecule has 0 unspecified atom stereocenters. The third kappa shape index (κ3) is 3.93. The number of halogens is 2. The van der Waals surface area contributed by atoms with E-state index in [1.165, 1.54) is 0 Å². The van der Waals surface area contributed by atoms with Crippen LogP contribution in [0, 0.1) is 0 Å². The Morgan fingerprint density at radius 3 is 2.54 bits per heavy atom. The number of nitrogens with zero attached hydrogens (tertiary/aromatic N) is 3. The normalized spacial score (nSPS) is 9.23. The predicted molar refractivity (Wildman–Crippen MR) is 57.7 cm³/mol. The molecular weight excluding hydrogens is 211 g/mol. The van der Waals surface area contributed by atoms with Crippen molar-refractivity contribution in [3.05, 3.63) is 12.2 Å². The SMILES string of the molecule is CC(C)c1nncn1CCN.Cl.Cl. The zero-order valence-electron chi connectivity index (χ0n) is 7.80. The van der Waals surface area contributed by atoms with Gasteiger partial charge in [-0.15, -0.1) is 35.0 Å². The summed E-state index contributed by atoms with van der Waals surface area (Å²) in [6, 6.07) is 0. The summed E-state index contributed by atoms with van der Waals surface area (Å²) in [5.74, 6) is 1.43. The third-order valence-corrected chi connectivity index (χ3v) is 1.53. The molecule has 1 heterocycles. The highest BCUT2D eigenvalue weighted by Gasteiger charge is 2.06. The van der Waals surface area contributed by atoms with Crippen LogP contribution >= 0.6 is 24.8 Å². The van der Waals surface area contributed by atoms with E-state index in [0.717, 1.165) is 12.4 Å². The summed E-state index contributed by atoms with van der Waals surface area (Å²) >= 11 is 0. The van der Waals surface area contributed by atoms with Crippen molar-refractivity contribution in [2.24, 2.45) is 5.73 Å². The second kappa shape index (κ2) is 7.12. The van der Waals surface area contributed by atoms with Gasteiger partial charge in [0.25, 0.3) is 0 Å². The second-order valence-electron chi connectivity index (χ2n) is 2.83. The maximum atomic E-state index is 5.41. The molecule has 0 saturated carbocycles. The van der Waals surface area contributed by atoms with Gasteiger partial charge in [-0.05, 0) is 0 Å². The highest BCUT2D eigenvalue weighted by molar-refractivity contribution is 5.85. The molecule has 4 nitrogen and oxygen atoms in total. The van der Waals surface area contributed by atoms with Crippen molar-refractivity contribution in [2.75, 3.05) is 6.54 Å². The highest BCUT2D eigenvalue weighted by atomic mass is 35.5. The van der Waals surface area contributed by atoms with Crippen LogP contribution in [0.4, 0.5) is 0 Å². The summed E-state index contributed by atoms with van der Waals surface area (Å²) in [6.07, 6.45) is 1.72. The zero-order chi connectivity index (χ0) is 8.27. The van der Waals surface area contributed by atoms with Crippen LogP contribution in [0.2, 0.25) is 0 Å². The molecule has 78 valence electrons. The molecule has 1 rings (SSSR count). The van der Waals surface area contributed by atoms with Gasteiger partial charge in [0.2, 0.25) is 0 Å². The molecule has 0 aliphatic heterocycles. The maximum absolute atomic E-state index is 5.41. The number of aromatic nitrogens is 3. The van der Waals surface area contributed by atoms with Crippen LogP contribution in [0.5, 0.6) is 0 Å². The largest absolute Gasteiger partial charge is 0.329 e. The molecule has 1 aromatic heterocycles. The quantitative estimate of drug-likeness (QED) is 0.844. The zero-order valence-corrected chi connectivity index (χ0v) is 9.44. The topological polar surface area (TPSA) is 56.7 Å². The fourth-order valence-electron chi connectivity index (χ4n) is 1.02. The molecule has 1 aromatic rings. The minimum Gasteiger partial charge on any atom is -0.329 e. The van der Waals surface area contributed by atoms with Crippen LogP contribution in [-0.2, 0) is 6.54 Å². The summed E-state index contributed by atoms with van der Waals surface area (Å²) in [4.78, 5) is 0. The molecule has 0 spiro atoms. The van der Waals surface area contributed by atoms with E-state index in [-0.39, 0.29) is 24.8 Å². The van der Waals surface area contributed by atoms with E-state index in [1.54, 1.807) is 6.33 Å². The lowest BCUT2D eigenvalue weighted by Gasteiger charge is -2.06. The maximum Gasteiger partial charge on any atom is 0.135 e. The first-order valence-corrected chi connectivity index (χ1v) is 3.83. The molecule has 13 heavy (non-hydrogen) atoms. The third-order valence-electron chi connectivity index (χ3n) is 1.53. The molecule has 0 saturated heterocycles. The van der Waals surface area contributed by atoms with Gasteiger partial charge < -0.3 is 10.3 Å². The number of hydrogen-bond acceptors (Lipinski definition) is 3. The second-order valence-corrected chi connectivity index (χ2v) is 2.83. The molecule has 2 N–H and O–H groups in total. The fourth-order valence-corrected chi connectivity index (χ4v) is 1.02. The fraction of sp³-hybridized carbons (Fsp3) is 0.714. The number of hydrogen-bond donors (Lipinski definition) is 1. The molecule has 0 radical (unpaired) electrons. The van der Waals surface area contributed by atoms with Gasteiger partial charge in [0.05, 0.1) is 0 Å². The lowest BCUT2D eigenvalue weighted by molar-refractivity contribution is 0.627. The molecule has 0 bridgehead atoms. The van der Waals surface area contributed by atoms with Crippen LogP contribution in [0.15, 0.2) is 6.33 Å². The molecule has 0 amide bonds. The van der Waals surface area contributed by atoms with Crippen molar-refractivity contribution in [3.8, 4) is 0 Å². The van der Waals surface area contributed by atoms with Gasteiger partial charge in [0, 0.05) is 19.0 Å². The summed E-state index contributed by atoms with van der Waals surface area (Å²) in [6.45, 7) is 5.63. The molecule has 0 aliphatic carbocycles.